The molecule has 0 N–H and O–H groups in total. The topological polar surface area (TPSA) is 9.23 Å². The van der Waals surface area contributed by atoms with Crippen LogP contribution in [0.15, 0.2) is 24.3 Å². The third kappa shape index (κ3) is 7.44. The summed E-state index contributed by atoms with van der Waals surface area (Å²) in [6.45, 7) is 2.34. The van der Waals surface area contributed by atoms with Gasteiger partial charge in [0.05, 0.1) is 5.56 Å². The van der Waals surface area contributed by atoms with E-state index in [-0.39, 0.29) is 5.92 Å². The summed E-state index contributed by atoms with van der Waals surface area (Å²) < 4.78 is 98.6. The molecule has 0 spiro atoms. The van der Waals surface area contributed by atoms with E-state index < -0.39 is 46.5 Å². The molecule has 0 atom stereocenters. The van der Waals surface area contributed by atoms with Crippen molar-refractivity contribution in [3.8, 4) is 16.9 Å². The lowest BCUT2D eigenvalue weighted by atomic mass is 9.76. The molecule has 0 radical (unpaired) electrons. The maximum atomic E-state index is 14.9. The molecule has 2 fully saturated rings. The van der Waals surface area contributed by atoms with Crippen molar-refractivity contribution in [1.29, 1.82) is 0 Å². The quantitative estimate of drug-likeness (QED) is 0.237. The molecule has 0 aromatic heterocycles. The molecule has 2 aromatic rings. The average molecular weight is 545 g/mol. The van der Waals surface area contributed by atoms with Gasteiger partial charge in [-0.1, -0.05) is 58.3 Å². The molecule has 4 rings (SSSR count). The van der Waals surface area contributed by atoms with E-state index in [4.69, 9.17) is 0 Å². The van der Waals surface area contributed by atoms with Crippen LogP contribution in [0.3, 0.4) is 0 Å². The highest BCUT2D eigenvalue weighted by Gasteiger charge is 2.34. The fraction of sp³-hybridized carbons (Fsp3) is 0.600. The normalized spacial score (nSPS) is 24.4. The number of halogens is 7. The third-order valence-electron chi connectivity index (χ3n) is 8.50. The average Bonchev–Trinajstić information content (AvgIpc) is 2.84. The molecule has 0 aliphatic heterocycles. The molecule has 2 aliphatic carbocycles. The molecular weight excluding hydrogens is 509 g/mol. The highest BCUT2D eigenvalue weighted by Crippen LogP contribution is 2.41. The number of rotatable bonds is 8. The van der Waals surface area contributed by atoms with Crippen LogP contribution in [0.2, 0.25) is 0 Å². The minimum atomic E-state index is -5.31. The Bertz CT molecular complexity index is 1030. The monoisotopic (exact) mass is 544 g/mol. The van der Waals surface area contributed by atoms with E-state index in [9.17, 15) is 30.7 Å². The molecule has 2 aromatic carbocycles. The van der Waals surface area contributed by atoms with Crippen LogP contribution in [0.5, 0.6) is 5.75 Å². The van der Waals surface area contributed by atoms with Gasteiger partial charge in [0.15, 0.2) is 11.6 Å². The van der Waals surface area contributed by atoms with E-state index in [1.165, 1.54) is 63.5 Å². The van der Waals surface area contributed by atoms with Crippen molar-refractivity contribution in [1.82, 2.24) is 0 Å². The van der Waals surface area contributed by atoms with Gasteiger partial charge in [0, 0.05) is 0 Å². The Morgan fingerprint density at radius 2 is 1.16 bits per heavy atom. The number of benzene rings is 2. The predicted octanol–water partition coefficient (Wildman–Crippen LogP) is 10.5. The first-order valence-electron chi connectivity index (χ1n) is 13.7. The first-order chi connectivity index (χ1) is 18.0. The van der Waals surface area contributed by atoms with Crippen molar-refractivity contribution < 1.29 is 35.5 Å². The molecule has 0 amide bonds. The fourth-order valence-corrected chi connectivity index (χ4v) is 6.29. The van der Waals surface area contributed by atoms with Crippen molar-refractivity contribution in [2.75, 3.05) is 0 Å². The fourth-order valence-electron chi connectivity index (χ4n) is 6.29. The standard InChI is InChI=1S/C30H35F7O/c1-18-6-8-19(9-7-18)4-2-3-5-20-10-12-21(13-11-20)22-14-24(31)28(25(32)15-22)23-16-26(33)29(27(34)17-23)38-30(35,36)37/h14-21H,2-13H2,1H3. The number of hydrogen-bond donors (Lipinski definition) is 0. The Morgan fingerprint density at radius 1 is 0.684 bits per heavy atom. The van der Waals surface area contributed by atoms with Crippen LogP contribution >= 0.6 is 0 Å². The summed E-state index contributed by atoms with van der Waals surface area (Å²) >= 11 is 0. The third-order valence-corrected chi connectivity index (χ3v) is 8.50. The number of ether oxygens (including phenoxy) is 1. The van der Waals surface area contributed by atoms with Crippen LogP contribution in [0.4, 0.5) is 30.7 Å². The smallest absolute Gasteiger partial charge is 0.399 e. The van der Waals surface area contributed by atoms with Crippen LogP contribution < -0.4 is 4.74 Å². The maximum Gasteiger partial charge on any atom is 0.573 e. The summed E-state index contributed by atoms with van der Waals surface area (Å²) in [7, 11) is 0. The summed E-state index contributed by atoms with van der Waals surface area (Å²) in [5, 5.41) is 0. The lowest BCUT2D eigenvalue weighted by Gasteiger charge is -2.29. The Labute approximate surface area is 219 Å². The van der Waals surface area contributed by atoms with E-state index in [2.05, 4.69) is 11.7 Å². The summed E-state index contributed by atoms with van der Waals surface area (Å²) in [4.78, 5) is 0. The Balaban J connectivity index is 1.32. The second-order valence-corrected chi connectivity index (χ2v) is 11.3. The van der Waals surface area contributed by atoms with Gasteiger partial charge in [-0.25, -0.2) is 17.6 Å². The molecule has 1 nitrogen and oxygen atoms in total. The maximum absolute atomic E-state index is 14.9. The minimum absolute atomic E-state index is 0.00966. The zero-order valence-electron chi connectivity index (χ0n) is 21.7. The second-order valence-electron chi connectivity index (χ2n) is 11.3. The molecular formula is C30H35F7O. The van der Waals surface area contributed by atoms with E-state index in [0.717, 1.165) is 37.5 Å². The van der Waals surface area contributed by atoms with Crippen molar-refractivity contribution >= 4 is 0 Å². The number of unbranched alkanes of at least 4 members (excludes halogenated alkanes) is 1. The first kappa shape index (κ1) is 28.8. The Hall–Kier alpha value is -2.25. The zero-order valence-corrected chi connectivity index (χ0v) is 21.7. The largest absolute Gasteiger partial charge is 0.573 e. The van der Waals surface area contributed by atoms with E-state index in [1.54, 1.807) is 0 Å². The molecule has 2 aliphatic rings. The molecule has 0 saturated heterocycles. The second kappa shape index (κ2) is 12.3. The highest BCUT2D eigenvalue weighted by molar-refractivity contribution is 5.66. The molecule has 2 saturated carbocycles. The Kier molecular flexibility index (Phi) is 9.30. The van der Waals surface area contributed by atoms with Gasteiger partial charge in [-0.3, -0.25) is 0 Å². The lowest BCUT2D eigenvalue weighted by Crippen LogP contribution is -2.19. The summed E-state index contributed by atoms with van der Waals surface area (Å²) in [5.41, 5.74) is -0.736. The Morgan fingerprint density at radius 3 is 1.63 bits per heavy atom. The summed E-state index contributed by atoms with van der Waals surface area (Å²) in [5.74, 6) is -4.73. The van der Waals surface area contributed by atoms with Crippen LogP contribution in [-0.2, 0) is 0 Å². The molecule has 210 valence electrons. The predicted molar refractivity (Wildman–Crippen MR) is 133 cm³/mol. The van der Waals surface area contributed by atoms with E-state index in [0.29, 0.717) is 23.6 Å². The highest BCUT2D eigenvalue weighted by atomic mass is 19.4. The summed E-state index contributed by atoms with van der Waals surface area (Å²) in [6.07, 6.45) is 8.73. The van der Waals surface area contributed by atoms with Crippen LogP contribution in [0.25, 0.3) is 11.1 Å². The van der Waals surface area contributed by atoms with Crippen LogP contribution in [0, 0.1) is 41.0 Å². The minimum Gasteiger partial charge on any atom is -0.399 e. The van der Waals surface area contributed by atoms with Crippen LogP contribution in [0.1, 0.15) is 95.5 Å². The molecule has 8 heteroatoms. The number of alkyl halides is 3. The van der Waals surface area contributed by atoms with E-state index in [1.807, 2.05) is 0 Å². The molecule has 0 bridgehead atoms. The van der Waals surface area contributed by atoms with Gasteiger partial charge in [0.1, 0.15) is 11.6 Å². The van der Waals surface area contributed by atoms with Gasteiger partial charge in [-0.15, -0.1) is 13.2 Å². The zero-order chi connectivity index (χ0) is 27.4. The van der Waals surface area contributed by atoms with Gasteiger partial charge in [-0.2, -0.15) is 0 Å². The molecule has 0 heterocycles. The van der Waals surface area contributed by atoms with Crippen molar-refractivity contribution in [2.24, 2.45) is 17.8 Å². The number of hydrogen-bond acceptors (Lipinski definition) is 1. The molecule has 38 heavy (non-hydrogen) atoms. The van der Waals surface area contributed by atoms with E-state index >= 15 is 0 Å². The SMILES string of the molecule is CC1CCC(CCCCC2CCC(c3cc(F)c(-c4cc(F)c(OC(F)(F)F)c(F)c4)c(F)c3)CC2)CC1. The van der Waals surface area contributed by atoms with Gasteiger partial charge in [0.25, 0.3) is 0 Å². The van der Waals surface area contributed by atoms with Gasteiger partial charge in [0.2, 0.25) is 5.75 Å². The van der Waals surface area contributed by atoms with Crippen molar-refractivity contribution in [3.63, 3.8) is 0 Å². The lowest BCUT2D eigenvalue weighted by molar-refractivity contribution is -0.276. The van der Waals surface area contributed by atoms with Crippen molar-refractivity contribution in [2.45, 2.75) is 96.3 Å². The van der Waals surface area contributed by atoms with Gasteiger partial charge >= 0.3 is 6.36 Å². The van der Waals surface area contributed by atoms with Gasteiger partial charge in [-0.05, 0) is 84.7 Å². The van der Waals surface area contributed by atoms with Gasteiger partial charge < -0.3 is 4.74 Å². The first-order valence-corrected chi connectivity index (χ1v) is 13.7. The summed E-state index contributed by atoms with van der Waals surface area (Å²) in [6, 6.07) is 3.21. The van der Waals surface area contributed by atoms with Crippen molar-refractivity contribution in [3.05, 3.63) is 53.1 Å². The van der Waals surface area contributed by atoms with Crippen LogP contribution in [-0.4, -0.2) is 6.36 Å². The molecule has 0 unspecified atom stereocenters.